The lowest BCUT2D eigenvalue weighted by Gasteiger charge is -2.23. The van der Waals surface area contributed by atoms with Gasteiger partial charge in [0.2, 0.25) is 5.95 Å². The van der Waals surface area contributed by atoms with Gasteiger partial charge in [-0.15, -0.1) is 0 Å². The fourth-order valence-corrected chi connectivity index (χ4v) is 3.33. The number of nitrogens with zero attached hydrogens (tertiary/aromatic N) is 2. The number of benzene rings is 3. The lowest BCUT2D eigenvalue weighted by atomic mass is 9.98. The largest absolute Gasteiger partial charge is 0.497 e. The highest BCUT2D eigenvalue weighted by molar-refractivity contribution is 5.80. The van der Waals surface area contributed by atoms with Crippen molar-refractivity contribution in [3.63, 3.8) is 0 Å². The van der Waals surface area contributed by atoms with Gasteiger partial charge in [0.25, 0.3) is 5.56 Å². The first-order valence-corrected chi connectivity index (χ1v) is 8.64. The van der Waals surface area contributed by atoms with Gasteiger partial charge in [-0.1, -0.05) is 60.7 Å². The Labute approximate surface area is 156 Å². The predicted molar refractivity (Wildman–Crippen MR) is 107 cm³/mol. The third kappa shape index (κ3) is 3.04. The molecule has 1 heterocycles. The average Bonchev–Trinajstić information content (AvgIpc) is 2.72. The van der Waals surface area contributed by atoms with Gasteiger partial charge in [0, 0.05) is 0 Å². The van der Waals surface area contributed by atoms with Crippen molar-refractivity contribution in [2.24, 2.45) is 0 Å². The second-order valence-corrected chi connectivity index (χ2v) is 6.25. The highest BCUT2D eigenvalue weighted by Gasteiger charge is 2.21. The molecule has 0 radical (unpaired) electrons. The van der Waals surface area contributed by atoms with Crippen molar-refractivity contribution in [2.75, 3.05) is 12.8 Å². The summed E-state index contributed by atoms with van der Waals surface area (Å²) in [6, 6.07) is 24.5. The van der Waals surface area contributed by atoms with Gasteiger partial charge in [-0.3, -0.25) is 9.36 Å². The van der Waals surface area contributed by atoms with Crippen molar-refractivity contribution in [3.8, 4) is 5.75 Å². The van der Waals surface area contributed by atoms with E-state index in [1.54, 1.807) is 29.9 Å². The number of ether oxygens (including phenoxy) is 1. The van der Waals surface area contributed by atoms with Crippen LogP contribution >= 0.6 is 0 Å². The Balaban J connectivity index is 2.03. The number of nitrogen functional groups attached to an aromatic ring is 1. The quantitative estimate of drug-likeness (QED) is 0.605. The van der Waals surface area contributed by atoms with Gasteiger partial charge in [-0.25, -0.2) is 4.98 Å². The van der Waals surface area contributed by atoms with Crippen molar-refractivity contribution < 1.29 is 4.74 Å². The fraction of sp³-hybridized carbons (Fsp3) is 0.0909. The standard InChI is InChI=1S/C22H19N3O2/c1-27-17-12-13-19-18(14-17)21(26)25(22(23)24-19)20(15-8-4-2-5-9-15)16-10-6-3-7-11-16/h2-14,20H,1H3,(H2,23,24). The number of nitrogens with two attached hydrogens (primary N) is 1. The third-order valence-electron chi connectivity index (χ3n) is 4.62. The van der Waals surface area contributed by atoms with Gasteiger partial charge in [-0.2, -0.15) is 0 Å². The van der Waals surface area contributed by atoms with Crippen molar-refractivity contribution in [1.82, 2.24) is 9.55 Å². The van der Waals surface area contributed by atoms with Crippen LogP contribution in [0.5, 0.6) is 5.75 Å². The van der Waals surface area contributed by atoms with Gasteiger partial charge in [0.1, 0.15) is 5.75 Å². The minimum Gasteiger partial charge on any atom is -0.497 e. The highest BCUT2D eigenvalue weighted by atomic mass is 16.5. The molecule has 0 atom stereocenters. The summed E-state index contributed by atoms with van der Waals surface area (Å²) in [6.07, 6.45) is 0. The van der Waals surface area contributed by atoms with E-state index in [0.29, 0.717) is 16.7 Å². The van der Waals surface area contributed by atoms with Crippen molar-refractivity contribution in [1.29, 1.82) is 0 Å². The number of rotatable bonds is 4. The molecule has 0 fully saturated rings. The maximum absolute atomic E-state index is 13.4. The van der Waals surface area contributed by atoms with Crippen LogP contribution in [-0.4, -0.2) is 16.7 Å². The summed E-state index contributed by atoms with van der Waals surface area (Å²) in [7, 11) is 1.57. The minimum absolute atomic E-state index is 0.176. The van der Waals surface area contributed by atoms with Crippen LogP contribution in [0.25, 0.3) is 10.9 Å². The van der Waals surface area contributed by atoms with Crippen molar-refractivity contribution in [3.05, 3.63) is 100 Å². The van der Waals surface area contributed by atoms with E-state index in [0.717, 1.165) is 11.1 Å². The first-order valence-electron chi connectivity index (χ1n) is 8.64. The van der Waals surface area contributed by atoms with Crippen LogP contribution < -0.4 is 16.0 Å². The summed E-state index contributed by atoms with van der Waals surface area (Å²) < 4.78 is 6.82. The molecule has 0 saturated heterocycles. The van der Waals surface area contributed by atoms with Crippen LogP contribution in [0, 0.1) is 0 Å². The lowest BCUT2D eigenvalue weighted by molar-refractivity contribution is 0.415. The third-order valence-corrected chi connectivity index (χ3v) is 4.62. The zero-order chi connectivity index (χ0) is 18.8. The van der Waals surface area contributed by atoms with Gasteiger partial charge in [0.05, 0.1) is 24.1 Å². The molecular formula is C22H19N3O2. The van der Waals surface area contributed by atoms with Gasteiger partial charge < -0.3 is 10.5 Å². The molecule has 5 nitrogen and oxygen atoms in total. The molecular weight excluding hydrogens is 338 g/mol. The summed E-state index contributed by atoms with van der Waals surface area (Å²) in [6.45, 7) is 0. The van der Waals surface area contributed by atoms with Crippen LogP contribution in [0.4, 0.5) is 5.95 Å². The predicted octanol–water partition coefficient (Wildman–Crippen LogP) is 3.63. The summed E-state index contributed by atoms with van der Waals surface area (Å²) in [4.78, 5) is 17.9. The molecule has 0 spiro atoms. The van der Waals surface area contributed by atoms with Crippen molar-refractivity contribution >= 4 is 16.9 Å². The van der Waals surface area contributed by atoms with Crippen LogP contribution in [0.1, 0.15) is 17.2 Å². The Bertz CT molecular complexity index is 1100. The summed E-state index contributed by atoms with van der Waals surface area (Å²) in [5.74, 6) is 0.782. The number of hydrogen-bond donors (Lipinski definition) is 1. The van der Waals surface area contributed by atoms with Crippen LogP contribution in [-0.2, 0) is 0 Å². The van der Waals surface area contributed by atoms with Crippen molar-refractivity contribution in [2.45, 2.75) is 6.04 Å². The second kappa shape index (κ2) is 6.96. The van der Waals surface area contributed by atoms with E-state index in [2.05, 4.69) is 4.98 Å². The molecule has 1 aromatic heterocycles. The molecule has 0 unspecified atom stereocenters. The van der Waals surface area contributed by atoms with E-state index in [1.807, 2.05) is 60.7 Å². The topological polar surface area (TPSA) is 70.1 Å². The Morgan fingerprint density at radius 3 is 2.07 bits per heavy atom. The van der Waals surface area contributed by atoms with Crippen LogP contribution in [0.2, 0.25) is 0 Å². The number of methoxy groups -OCH3 is 1. The van der Waals surface area contributed by atoms with Crippen LogP contribution in [0.3, 0.4) is 0 Å². The smallest absolute Gasteiger partial charge is 0.263 e. The van der Waals surface area contributed by atoms with Gasteiger partial charge in [-0.05, 0) is 29.3 Å². The van der Waals surface area contributed by atoms with Crippen LogP contribution in [0.15, 0.2) is 83.7 Å². The molecule has 4 rings (SSSR count). The first kappa shape index (κ1) is 16.8. The molecule has 27 heavy (non-hydrogen) atoms. The average molecular weight is 357 g/mol. The lowest BCUT2D eigenvalue weighted by Crippen LogP contribution is -2.29. The highest BCUT2D eigenvalue weighted by Crippen LogP contribution is 2.28. The Morgan fingerprint density at radius 2 is 1.52 bits per heavy atom. The zero-order valence-electron chi connectivity index (χ0n) is 14.9. The molecule has 0 aliphatic rings. The molecule has 5 heteroatoms. The second-order valence-electron chi connectivity index (χ2n) is 6.25. The molecule has 0 amide bonds. The van der Waals surface area contributed by atoms with E-state index >= 15 is 0 Å². The maximum atomic E-state index is 13.4. The number of hydrogen-bond acceptors (Lipinski definition) is 4. The zero-order valence-corrected chi connectivity index (χ0v) is 14.9. The Kier molecular flexibility index (Phi) is 4.34. The Morgan fingerprint density at radius 1 is 0.926 bits per heavy atom. The molecule has 0 aliphatic heterocycles. The molecule has 3 aromatic carbocycles. The fourth-order valence-electron chi connectivity index (χ4n) is 3.33. The Hall–Kier alpha value is -3.60. The molecule has 0 saturated carbocycles. The summed E-state index contributed by atoms with van der Waals surface area (Å²) in [5.41, 5.74) is 8.52. The van der Waals surface area contributed by atoms with E-state index in [9.17, 15) is 4.79 Å². The summed E-state index contributed by atoms with van der Waals surface area (Å²) in [5, 5.41) is 0.473. The number of anilines is 1. The maximum Gasteiger partial charge on any atom is 0.263 e. The molecule has 134 valence electrons. The molecule has 2 N–H and O–H groups in total. The first-order chi connectivity index (χ1) is 13.2. The summed E-state index contributed by atoms with van der Waals surface area (Å²) >= 11 is 0. The van der Waals surface area contributed by atoms with Gasteiger partial charge >= 0.3 is 0 Å². The SMILES string of the molecule is COc1ccc2nc(N)n(C(c3ccccc3)c3ccccc3)c(=O)c2c1. The normalized spacial score (nSPS) is 11.0. The molecule has 4 aromatic rings. The molecule has 0 aliphatic carbocycles. The van der Waals surface area contributed by atoms with Gasteiger partial charge in [0.15, 0.2) is 0 Å². The minimum atomic E-state index is -0.372. The molecule has 0 bridgehead atoms. The monoisotopic (exact) mass is 357 g/mol. The number of aromatic nitrogens is 2. The van der Waals surface area contributed by atoms with E-state index in [4.69, 9.17) is 10.5 Å². The van der Waals surface area contributed by atoms with E-state index in [-0.39, 0.29) is 17.5 Å². The van der Waals surface area contributed by atoms with E-state index < -0.39 is 0 Å². The number of fused-ring (bicyclic) bond motifs is 1. The van der Waals surface area contributed by atoms with E-state index in [1.165, 1.54) is 0 Å².